The van der Waals surface area contributed by atoms with E-state index in [1.165, 1.54) is 0 Å². The first-order valence-corrected chi connectivity index (χ1v) is 7.21. The van der Waals surface area contributed by atoms with E-state index in [2.05, 4.69) is 10.4 Å². The maximum atomic E-state index is 11.4. The van der Waals surface area contributed by atoms with Crippen LogP contribution in [0.4, 0.5) is 0 Å². The number of hydrogen-bond acceptors (Lipinski definition) is 4. The summed E-state index contributed by atoms with van der Waals surface area (Å²) in [6.07, 6.45) is 2.60. The van der Waals surface area contributed by atoms with Gasteiger partial charge in [-0.1, -0.05) is 0 Å². The fourth-order valence-electron chi connectivity index (χ4n) is 2.31. The average molecular weight is 243 g/mol. The van der Waals surface area contributed by atoms with Gasteiger partial charge in [0.25, 0.3) is 0 Å². The van der Waals surface area contributed by atoms with Crippen molar-refractivity contribution in [3.8, 4) is 0 Å². The van der Waals surface area contributed by atoms with Crippen LogP contribution in [0.3, 0.4) is 0 Å². The first-order valence-electron chi connectivity index (χ1n) is 5.39. The number of aromatic nitrogens is 2. The van der Waals surface area contributed by atoms with E-state index < -0.39 is 9.84 Å². The van der Waals surface area contributed by atoms with Gasteiger partial charge in [-0.15, -0.1) is 0 Å². The molecule has 0 spiro atoms. The van der Waals surface area contributed by atoms with E-state index in [-0.39, 0.29) is 17.7 Å². The third kappa shape index (κ3) is 2.27. The Labute approximate surface area is 95.8 Å². The standard InChI is InChI=1S/C10H17N3O2S/c1-11-10(9-3-5-13(2)12-9)8-4-6-16(14,15)7-8/h3,5,8,10-11H,4,6-7H2,1-2H3. The highest BCUT2D eigenvalue weighted by atomic mass is 32.2. The normalized spacial score (nSPS) is 25.8. The fourth-order valence-corrected chi connectivity index (χ4v) is 4.15. The molecule has 1 aliphatic heterocycles. The van der Waals surface area contributed by atoms with E-state index in [0.717, 1.165) is 12.1 Å². The van der Waals surface area contributed by atoms with Gasteiger partial charge < -0.3 is 5.32 Å². The molecule has 0 bridgehead atoms. The molecule has 1 fully saturated rings. The molecule has 2 heterocycles. The average Bonchev–Trinajstić information content (AvgIpc) is 2.75. The van der Waals surface area contributed by atoms with Gasteiger partial charge in [0, 0.05) is 13.2 Å². The van der Waals surface area contributed by atoms with Gasteiger partial charge in [0.2, 0.25) is 0 Å². The molecule has 2 rings (SSSR count). The molecule has 16 heavy (non-hydrogen) atoms. The highest BCUT2D eigenvalue weighted by Crippen LogP contribution is 2.30. The lowest BCUT2D eigenvalue weighted by Crippen LogP contribution is -2.26. The van der Waals surface area contributed by atoms with Crippen LogP contribution in [0.5, 0.6) is 0 Å². The molecule has 2 atom stereocenters. The monoisotopic (exact) mass is 243 g/mol. The summed E-state index contributed by atoms with van der Waals surface area (Å²) >= 11 is 0. The van der Waals surface area contributed by atoms with Crippen LogP contribution in [0.1, 0.15) is 18.2 Å². The Kier molecular flexibility index (Phi) is 3.03. The Hall–Kier alpha value is -0.880. The smallest absolute Gasteiger partial charge is 0.150 e. The van der Waals surface area contributed by atoms with Gasteiger partial charge >= 0.3 is 0 Å². The van der Waals surface area contributed by atoms with Crippen LogP contribution in [0.25, 0.3) is 0 Å². The molecule has 1 aliphatic rings. The molecule has 0 radical (unpaired) electrons. The molecule has 1 aromatic heterocycles. The minimum atomic E-state index is -2.83. The van der Waals surface area contributed by atoms with E-state index in [1.54, 1.807) is 4.68 Å². The molecule has 0 saturated carbocycles. The zero-order chi connectivity index (χ0) is 11.8. The van der Waals surface area contributed by atoms with Crippen molar-refractivity contribution in [3.05, 3.63) is 18.0 Å². The number of sulfone groups is 1. The van der Waals surface area contributed by atoms with Gasteiger partial charge in [-0.25, -0.2) is 8.42 Å². The lowest BCUT2D eigenvalue weighted by Gasteiger charge is -2.19. The van der Waals surface area contributed by atoms with Crippen molar-refractivity contribution in [1.82, 2.24) is 15.1 Å². The zero-order valence-electron chi connectivity index (χ0n) is 9.55. The summed E-state index contributed by atoms with van der Waals surface area (Å²) < 4.78 is 24.6. The minimum Gasteiger partial charge on any atom is -0.311 e. The van der Waals surface area contributed by atoms with Crippen LogP contribution in [0, 0.1) is 5.92 Å². The number of hydrogen-bond donors (Lipinski definition) is 1. The SMILES string of the molecule is CNC(c1ccn(C)n1)C1CCS(=O)(=O)C1. The van der Waals surface area contributed by atoms with Crippen molar-refractivity contribution in [2.24, 2.45) is 13.0 Å². The maximum absolute atomic E-state index is 11.4. The quantitative estimate of drug-likeness (QED) is 0.818. The van der Waals surface area contributed by atoms with Gasteiger partial charge in [0.1, 0.15) is 0 Å². The number of nitrogens with one attached hydrogen (secondary N) is 1. The van der Waals surface area contributed by atoms with Crippen LogP contribution in [-0.4, -0.2) is 36.8 Å². The van der Waals surface area contributed by atoms with E-state index in [4.69, 9.17) is 0 Å². The Bertz CT molecular complexity index is 466. The highest BCUT2D eigenvalue weighted by molar-refractivity contribution is 7.91. The molecule has 2 unspecified atom stereocenters. The summed E-state index contributed by atoms with van der Waals surface area (Å²) in [4.78, 5) is 0. The van der Waals surface area contributed by atoms with Crippen LogP contribution in [0.15, 0.2) is 12.3 Å². The third-order valence-electron chi connectivity index (χ3n) is 3.10. The van der Waals surface area contributed by atoms with Crippen molar-refractivity contribution in [1.29, 1.82) is 0 Å². The van der Waals surface area contributed by atoms with E-state index in [1.807, 2.05) is 26.4 Å². The third-order valence-corrected chi connectivity index (χ3v) is 4.90. The second kappa shape index (κ2) is 4.18. The zero-order valence-corrected chi connectivity index (χ0v) is 10.4. The molecular weight excluding hydrogens is 226 g/mol. The molecule has 1 N–H and O–H groups in total. The van der Waals surface area contributed by atoms with Gasteiger partial charge in [-0.2, -0.15) is 5.10 Å². The predicted molar refractivity (Wildman–Crippen MR) is 61.8 cm³/mol. The maximum Gasteiger partial charge on any atom is 0.150 e. The van der Waals surface area contributed by atoms with Crippen molar-refractivity contribution in [2.45, 2.75) is 12.5 Å². The molecule has 6 heteroatoms. The van der Waals surface area contributed by atoms with Gasteiger partial charge in [-0.05, 0) is 25.5 Å². The topological polar surface area (TPSA) is 64.0 Å². The molecule has 1 saturated heterocycles. The molecule has 90 valence electrons. The van der Waals surface area contributed by atoms with Crippen LogP contribution in [0.2, 0.25) is 0 Å². The Morgan fingerprint density at radius 1 is 1.62 bits per heavy atom. The van der Waals surface area contributed by atoms with Crippen molar-refractivity contribution < 1.29 is 8.42 Å². The summed E-state index contributed by atoms with van der Waals surface area (Å²) in [5.41, 5.74) is 0.923. The minimum absolute atomic E-state index is 0.0403. The Morgan fingerprint density at radius 2 is 2.38 bits per heavy atom. The summed E-state index contributed by atoms with van der Waals surface area (Å²) in [5, 5.41) is 7.50. The number of nitrogens with zero attached hydrogens (tertiary/aromatic N) is 2. The summed E-state index contributed by atoms with van der Waals surface area (Å²) in [6, 6.07) is 1.98. The van der Waals surface area contributed by atoms with Crippen molar-refractivity contribution in [3.63, 3.8) is 0 Å². The first kappa shape index (κ1) is 11.6. The number of aryl methyl sites for hydroxylation is 1. The summed E-state index contributed by atoms with van der Waals surface area (Å²) in [5.74, 6) is 0.725. The lowest BCUT2D eigenvalue weighted by atomic mass is 9.97. The molecule has 0 amide bonds. The predicted octanol–water partition coefficient (Wildman–Crippen LogP) is 0.115. The highest BCUT2D eigenvalue weighted by Gasteiger charge is 2.34. The van der Waals surface area contributed by atoms with E-state index in [0.29, 0.717) is 5.75 Å². The van der Waals surface area contributed by atoms with Gasteiger partial charge in [0.05, 0.1) is 23.2 Å². The van der Waals surface area contributed by atoms with Crippen LogP contribution < -0.4 is 5.32 Å². The Balaban J connectivity index is 2.18. The number of rotatable bonds is 3. The van der Waals surface area contributed by atoms with Gasteiger partial charge in [0.15, 0.2) is 9.84 Å². The molecule has 1 aromatic rings. The van der Waals surface area contributed by atoms with Crippen LogP contribution >= 0.6 is 0 Å². The van der Waals surface area contributed by atoms with Crippen molar-refractivity contribution >= 4 is 9.84 Å². The van der Waals surface area contributed by atoms with E-state index >= 15 is 0 Å². The molecular formula is C10H17N3O2S. The van der Waals surface area contributed by atoms with E-state index in [9.17, 15) is 8.42 Å². The molecule has 0 aliphatic carbocycles. The second-order valence-corrected chi connectivity index (χ2v) is 6.57. The molecule has 0 aromatic carbocycles. The van der Waals surface area contributed by atoms with Crippen LogP contribution in [-0.2, 0) is 16.9 Å². The lowest BCUT2D eigenvalue weighted by molar-refractivity contribution is 0.407. The van der Waals surface area contributed by atoms with Gasteiger partial charge in [-0.3, -0.25) is 4.68 Å². The Morgan fingerprint density at radius 3 is 2.81 bits per heavy atom. The first-order chi connectivity index (χ1) is 7.52. The summed E-state index contributed by atoms with van der Waals surface area (Å²) in [6.45, 7) is 0. The van der Waals surface area contributed by atoms with Crippen molar-refractivity contribution in [2.75, 3.05) is 18.6 Å². The fraction of sp³-hybridized carbons (Fsp3) is 0.700. The second-order valence-electron chi connectivity index (χ2n) is 4.34. The summed E-state index contributed by atoms with van der Waals surface area (Å²) in [7, 11) is 0.888. The largest absolute Gasteiger partial charge is 0.311 e. The molecule has 5 nitrogen and oxygen atoms in total.